The molecule has 0 aromatic heterocycles. The fourth-order valence-corrected chi connectivity index (χ4v) is 2.90. The first-order chi connectivity index (χ1) is 11.9. The SMILES string of the molecule is COCCC(=O)N1CCC(Nc2ccc([N+](=O)[O-])cc2C(C)=O)CC1. The number of Topliss-reactive ketones (excluding diaryl/α,β-unsaturated/α-hetero) is 1. The molecule has 1 amide bonds. The summed E-state index contributed by atoms with van der Waals surface area (Å²) in [6.07, 6.45) is 1.89. The zero-order valence-electron chi connectivity index (χ0n) is 14.5. The van der Waals surface area contributed by atoms with Crippen molar-refractivity contribution in [2.75, 3.05) is 32.1 Å². The number of hydrogen-bond acceptors (Lipinski definition) is 6. The van der Waals surface area contributed by atoms with Crippen molar-refractivity contribution in [2.24, 2.45) is 0 Å². The fourth-order valence-electron chi connectivity index (χ4n) is 2.90. The number of methoxy groups -OCH3 is 1. The van der Waals surface area contributed by atoms with Crippen LogP contribution in [0.25, 0.3) is 0 Å². The van der Waals surface area contributed by atoms with Gasteiger partial charge in [0.2, 0.25) is 5.91 Å². The van der Waals surface area contributed by atoms with E-state index in [-0.39, 0.29) is 23.4 Å². The first-order valence-corrected chi connectivity index (χ1v) is 8.25. The number of amides is 1. The van der Waals surface area contributed by atoms with Gasteiger partial charge in [0.1, 0.15) is 0 Å². The molecular formula is C17H23N3O5. The van der Waals surface area contributed by atoms with E-state index >= 15 is 0 Å². The number of rotatable bonds is 7. The molecule has 0 spiro atoms. The van der Waals surface area contributed by atoms with Gasteiger partial charge >= 0.3 is 0 Å². The molecule has 0 saturated carbocycles. The molecule has 136 valence electrons. The predicted octanol–water partition coefficient (Wildman–Crippen LogP) is 2.24. The topological polar surface area (TPSA) is 102 Å². The van der Waals surface area contributed by atoms with E-state index in [2.05, 4.69) is 5.32 Å². The van der Waals surface area contributed by atoms with Gasteiger partial charge in [0.15, 0.2) is 5.78 Å². The Hall–Kier alpha value is -2.48. The zero-order chi connectivity index (χ0) is 18.4. The Labute approximate surface area is 146 Å². The second-order valence-corrected chi connectivity index (χ2v) is 6.09. The van der Waals surface area contributed by atoms with Crippen LogP contribution < -0.4 is 5.32 Å². The highest BCUT2D eigenvalue weighted by atomic mass is 16.6. The van der Waals surface area contributed by atoms with E-state index in [0.29, 0.717) is 37.4 Å². The van der Waals surface area contributed by atoms with Crippen molar-refractivity contribution in [1.29, 1.82) is 0 Å². The van der Waals surface area contributed by atoms with Gasteiger partial charge < -0.3 is 15.0 Å². The number of likely N-dealkylation sites (tertiary alicyclic amines) is 1. The number of nitrogens with one attached hydrogen (secondary N) is 1. The second kappa shape index (κ2) is 8.57. The van der Waals surface area contributed by atoms with E-state index in [4.69, 9.17) is 4.74 Å². The molecule has 1 aromatic rings. The third-order valence-electron chi connectivity index (χ3n) is 4.32. The number of ketones is 1. The van der Waals surface area contributed by atoms with E-state index in [1.807, 2.05) is 4.90 Å². The summed E-state index contributed by atoms with van der Waals surface area (Å²) < 4.78 is 4.93. The Morgan fingerprint density at radius 1 is 1.36 bits per heavy atom. The van der Waals surface area contributed by atoms with Gasteiger partial charge in [0.05, 0.1) is 18.0 Å². The molecule has 0 atom stereocenters. The molecule has 2 rings (SSSR count). The van der Waals surface area contributed by atoms with Gasteiger partial charge in [-0.15, -0.1) is 0 Å². The molecule has 0 bridgehead atoms. The second-order valence-electron chi connectivity index (χ2n) is 6.09. The van der Waals surface area contributed by atoms with E-state index in [1.54, 1.807) is 13.2 Å². The van der Waals surface area contributed by atoms with Crippen LogP contribution in [0.4, 0.5) is 11.4 Å². The first-order valence-electron chi connectivity index (χ1n) is 8.25. The number of hydrogen-bond donors (Lipinski definition) is 1. The summed E-state index contributed by atoms with van der Waals surface area (Å²) in [7, 11) is 1.57. The van der Waals surface area contributed by atoms with Crippen LogP contribution >= 0.6 is 0 Å². The van der Waals surface area contributed by atoms with Gasteiger partial charge in [-0.05, 0) is 25.8 Å². The normalized spacial score (nSPS) is 15.0. The summed E-state index contributed by atoms with van der Waals surface area (Å²) in [6.45, 7) is 3.09. The smallest absolute Gasteiger partial charge is 0.270 e. The number of benzene rings is 1. The lowest BCUT2D eigenvalue weighted by Crippen LogP contribution is -2.42. The molecule has 1 aliphatic rings. The minimum atomic E-state index is -0.514. The molecule has 25 heavy (non-hydrogen) atoms. The highest BCUT2D eigenvalue weighted by molar-refractivity contribution is 6.00. The van der Waals surface area contributed by atoms with Crippen molar-refractivity contribution >= 4 is 23.1 Å². The fraction of sp³-hybridized carbons (Fsp3) is 0.529. The summed E-state index contributed by atoms with van der Waals surface area (Å²) in [5.41, 5.74) is 0.810. The van der Waals surface area contributed by atoms with Crippen LogP contribution in [0, 0.1) is 10.1 Å². The molecule has 1 fully saturated rings. The summed E-state index contributed by atoms with van der Waals surface area (Å²) >= 11 is 0. The van der Waals surface area contributed by atoms with Crippen LogP contribution in [0.2, 0.25) is 0 Å². The minimum Gasteiger partial charge on any atom is -0.384 e. The number of nitrogens with zero attached hydrogens (tertiary/aromatic N) is 2. The molecule has 1 N–H and O–H groups in total. The first kappa shape index (κ1) is 18.9. The Balaban J connectivity index is 1.98. The molecule has 1 heterocycles. The van der Waals surface area contributed by atoms with Crippen LogP contribution in [-0.4, -0.2) is 54.4 Å². The van der Waals surface area contributed by atoms with E-state index in [9.17, 15) is 19.7 Å². The van der Waals surface area contributed by atoms with E-state index in [0.717, 1.165) is 12.8 Å². The zero-order valence-corrected chi connectivity index (χ0v) is 14.5. The lowest BCUT2D eigenvalue weighted by atomic mass is 10.0. The number of nitro groups is 1. The number of carbonyl (C=O) groups is 2. The third kappa shape index (κ3) is 4.99. The van der Waals surface area contributed by atoms with Crippen molar-refractivity contribution in [3.63, 3.8) is 0 Å². The van der Waals surface area contributed by atoms with Crippen molar-refractivity contribution in [3.05, 3.63) is 33.9 Å². The van der Waals surface area contributed by atoms with Crippen LogP contribution in [0.15, 0.2) is 18.2 Å². The van der Waals surface area contributed by atoms with Crippen molar-refractivity contribution in [3.8, 4) is 0 Å². The van der Waals surface area contributed by atoms with E-state index < -0.39 is 4.92 Å². The average molecular weight is 349 g/mol. The van der Waals surface area contributed by atoms with Crippen molar-refractivity contribution < 1.29 is 19.2 Å². The van der Waals surface area contributed by atoms with Gasteiger partial charge in [-0.1, -0.05) is 0 Å². The lowest BCUT2D eigenvalue weighted by molar-refractivity contribution is -0.384. The highest BCUT2D eigenvalue weighted by Crippen LogP contribution is 2.25. The predicted molar refractivity (Wildman–Crippen MR) is 92.8 cm³/mol. The number of non-ortho nitro benzene ring substituents is 1. The summed E-state index contributed by atoms with van der Waals surface area (Å²) in [6, 6.07) is 4.38. The summed E-state index contributed by atoms with van der Waals surface area (Å²) in [5, 5.41) is 14.2. The third-order valence-corrected chi connectivity index (χ3v) is 4.32. The van der Waals surface area contributed by atoms with Gasteiger partial charge in [-0.3, -0.25) is 19.7 Å². The monoisotopic (exact) mass is 349 g/mol. The number of nitro benzene ring substituents is 1. The molecule has 1 aliphatic heterocycles. The Kier molecular flexibility index (Phi) is 6.46. The lowest BCUT2D eigenvalue weighted by Gasteiger charge is -2.33. The van der Waals surface area contributed by atoms with Gasteiger partial charge in [-0.2, -0.15) is 0 Å². The maximum absolute atomic E-state index is 12.0. The quantitative estimate of drug-likeness (QED) is 0.460. The van der Waals surface area contributed by atoms with Crippen molar-refractivity contribution in [1.82, 2.24) is 4.90 Å². The number of ether oxygens (including phenoxy) is 1. The molecule has 0 radical (unpaired) electrons. The highest BCUT2D eigenvalue weighted by Gasteiger charge is 2.24. The Bertz CT molecular complexity index is 654. The number of piperidine rings is 1. The minimum absolute atomic E-state index is 0.0834. The standard InChI is InChI=1S/C17H23N3O5/c1-12(21)15-11-14(20(23)24)3-4-16(15)18-13-5-8-19(9-6-13)17(22)7-10-25-2/h3-4,11,13,18H,5-10H2,1-2H3. The van der Waals surface area contributed by atoms with Gasteiger partial charge in [-0.25, -0.2) is 0 Å². The number of anilines is 1. The average Bonchev–Trinajstić information content (AvgIpc) is 2.60. The molecule has 0 aliphatic carbocycles. The van der Waals surface area contributed by atoms with Crippen LogP contribution in [0.5, 0.6) is 0 Å². The molecule has 1 saturated heterocycles. The number of carbonyl (C=O) groups excluding carboxylic acids is 2. The molecule has 8 nitrogen and oxygen atoms in total. The van der Waals surface area contributed by atoms with Gasteiger partial charge in [0.25, 0.3) is 5.69 Å². The molecule has 0 unspecified atom stereocenters. The Morgan fingerprint density at radius 2 is 2.04 bits per heavy atom. The van der Waals surface area contributed by atoms with Gasteiger partial charge in [0, 0.05) is 49.6 Å². The van der Waals surface area contributed by atoms with Crippen molar-refractivity contribution in [2.45, 2.75) is 32.2 Å². The molecule has 1 aromatic carbocycles. The van der Waals surface area contributed by atoms with Crippen LogP contribution in [0.3, 0.4) is 0 Å². The Morgan fingerprint density at radius 3 is 2.60 bits per heavy atom. The summed E-state index contributed by atoms with van der Waals surface area (Å²) in [4.78, 5) is 36.0. The molecule has 8 heteroatoms. The van der Waals surface area contributed by atoms with E-state index in [1.165, 1.54) is 19.1 Å². The maximum atomic E-state index is 12.0. The van der Waals surface area contributed by atoms with Crippen LogP contribution in [0.1, 0.15) is 36.5 Å². The molecular weight excluding hydrogens is 326 g/mol. The largest absolute Gasteiger partial charge is 0.384 e. The summed E-state index contributed by atoms with van der Waals surface area (Å²) in [5.74, 6) is -0.140. The van der Waals surface area contributed by atoms with Crippen LogP contribution in [-0.2, 0) is 9.53 Å². The maximum Gasteiger partial charge on any atom is 0.270 e.